The van der Waals surface area contributed by atoms with Gasteiger partial charge in [-0.15, -0.1) is 0 Å². The standard InChI is InChI=1S/C20H28N3O2PS/c1-5-17(3)27-26(24,21-4)23(6-2)16-22-18-12-14-20(15-13-18)25-19-10-8-7-9-11-19/h7-17H,5-6H2,1-4H3,(H,21,24). The van der Waals surface area contributed by atoms with E-state index in [9.17, 15) is 4.57 Å². The lowest BCUT2D eigenvalue weighted by molar-refractivity contribution is 0.483. The molecule has 0 aromatic heterocycles. The average Bonchev–Trinajstić information content (AvgIpc) is 2.70. The predicted octanol–water partition coefficient (Wildman–Crippen LogP) is 6.32. The van der Waals surface area contributed by atoms with Crippen LogP contribution >= 0.6 is 18.0 Å². The zero-order valence-corrected chi connectivity index (χ0v) is 18.0. The first-order valence-electron chi connectivity index (χ1n) is 9.12. The largest absolute Gasteiger partial charge is 0.457 e. The van der Waals surface area contributed by atoms with Gasteiger partial charge in [-0.1, -0.05) is 43.4 Å². The first-order chi connectivity index (χ1) is 13.0. The Balaban J connectivity index is 2.07. The van der Waals surface area contributed by atoms with Crippen LogP contribution in [0.25, 0.3) is 0 Å². The second-order valence-corrected chi connectivity index (χ2v) is 11.1. The van der Waals surface area contributed by atoms with Gasteiger partial charge < -0.3 is 4.74 Å². The molecule has 2 aromatic carbocycles. The molecule has 146 valence electrons. The third-order valence-electron chi connectivity index (χ3n) is 4.00. The molecule has 0 fully saturated rings. The summed E-state index contributed by atoms with van der Waals surface area (Å²) in [6.07, 6.45) is 2.63. The lowest BCUT2D eigenvalue weighted by Gasteiger charge is -2.29. The molecule has 2 atom stereocenters. The number of nitrogens with one attached hydrogen (secondary N) is 1. The van der Waals surface area contributed by atoms with Gasteiger partial charge in [0, 0.05) is 11.8 Å². The van der Waals surface area contributed by atoms with Crippen LogP contribution in [0.15, 0.2) is 59.6 Å². The van der Waals surface area contributed by atoms with Crippen molar-refractivity contribution in [2.75, 3.05) is 13.6 Å². The van der Waals surface area contributed by atoms with E-state index < -0.39 is 6.65 Å². The number of hydrogen-bond acceptors (Lipinski definition) is 4. The van der Waals surface area contributed by atoms with Crippen molar-refractivity contribution < 1.29 is 9.30 Å². The van der Waals surface area contributed by atoms with Crippen molar-refractivity contribution in [1.29, 1.82) is 0 Å². The summed E-state index contributed by atoms with van der Waals surface area (Å²) < 4.78 is 20.8. The number of aliphatic imine (C=N–C) groups is 1. The van der Waals surface area contributed by atoms with E-state index in [-0.39, 0.29) is 0 Å². The van der Waals surface area contributed by atoms with Crippen LogP contribution in [-0.2, 0) is 4.57 Å². The van der Waals surface area contributed by atoms with Gasteiger partial charge in [-0.05, 0) is 56.8 Å². The summed E-state index contributed by atoms with van der Waals surface area (Å²) in [6.45, 7) is 4.02. The molecule has 0 radical (unpaired) electrons. The van der Waals surface area contributed by atoms with Gasteiger partial charge in [0.1, 0.15) is 11.5 Å². The Morgan fingerprint density at radius 1 is 1.15 bits per heavy atom. The highest BCUT2D eigenvalue weighted by Gasteiger charge is 2.28. The van der Waals surface area contributed by atoms with Gasteiger partial charge in [0.2, 0.25) is 0 Å². The molecule has 2 unspecified atom stereocenters. The summed E-state index contributed by atoms with van der Waals surface area (Å²) >= 11 is 1.48. The minimum atomic E-state index is -2.75. The first kappa shape index (κ1) is 21.5. The Morgan fingerprint density at radius 3 is 2.33 bits per heavy atom. The van der Waals surface area contributed by atoms with Crippen molar-refractivity contribution in [2.24, 2.45) is 4.99 Å². The highest BCUT2D eigenvalue weighted by molar-refractivity contribution is 8.57. The van der Waals surface area contributed by atoms with Gasteiger partial charge in [0.05, 0.1) is 12.0 Å². The van der Waals surface area contributed by atoms with Crippen LogP contribution in [0.3, 0.4) is 0 Å². The number of rotatable bonds is 10. The molecule has 2 rings (SSSR count). The smallest absolute Gasteiger partial charge is 0.293 e. The molecule has 0 saturated heterocycles. The Bertz CT molecular complexity index is 769. The highest BCUT2D eigenvalue weighted by Crippen LogP contribution is 2.59. The third-order valence-corrected chi connectivity index (χ3v) is 9.72. The van der Waals surface area contributed by atoms with Gasteiger partial charge in [-0.25, -0.2) is 10.1 Å². The molecular weight excluding hydrogens is 377 g/mol. The van der Waals surface area contributed by atoms with E-state index in [0.29, 0.717) is 11.8 Å². The van der Waals surface area contributed by atoms with Crippen molar-refractivity contribution >= 4 is 30.1 Å². The number of benzene rings is 2. The van der Waals surface area contributed by atoms with Crippen LogP contribution in [0.4, 0.5) is 5.69 Å². The molecule has 0 bridgehead atoms. The number of hydrogen-bond donors (Lipinski definition) is 1. The van der Waals surface area contributed by atoms with Crippen LogP contribution < -0.4 is 9.82 Å². The second-order valence-electron chi connectivity index (χ2n) is 5.98. The number of nitrogens with zero attached hydrogens (tertiary/aromatic N) is 2. The average molecular weight is 406 g/mol. The summed E-state index contributed by atoms with van der Waals surface area (Å²) in [6, 6.07) is 17.2. The molecular formula is C20H28N3O2PS. The fraction of sp³-hybridized carbons (Fsp3) is 0.350. The fourth-order valence-electron chi connectivity index (χ4n) is 2.25. The van der Waals surface area contributed by atoms with Crippen LogP contribution in [0.1, 0.15) is 27.2 Å². The number of ether oxygens (including phenoxy) is 1. The SMILES string of the molecule is CCC(C)SP(=O)(NC)N(C=Nc1ccc(Oc2ccccc2)cc1)CC. The summed E-state index contributed by atoms with van der Waals surface area (Å²) in [5, 5.41) is 3.31. The van der Waals surface area contributed by atoms with Gasteiger partial charge in [0.15, 0.2) is 0 Å². The summed E-state index contributed by atoms with van der Waals surface area (Å²) in [5.41, 5.74) is 0.782. The van der Waals surface area contributed by atoms with Gasteiger partial charge in [-0.2, -0.15) is 0 Å². The topological polar surface area (TPSA) is 53.9 Å². The van der Waals surface area contributed by atoms with Gasteiger partial charge >= 0.3 is 0 Å². The molecule has 7 heteroatoms. The molecule has 0 amide bonds. The molecule has 2 aromatic rings. The Morgan fingerprint density at radius 2 is 1.78 bits per heavy atom. The first-order valence-corrected chi connectivity index (χ1v) is 12.3. The normalized spacial score (nSPS) is 14.7. The third kappa shape index (κ3) is 6.42. The zero-order valence-electron chi connectivity index (χ0n) is 16.3. The van der Waals surface area contributed by atoms with Gasteiger partial charge in [0.25, 0.3) is 6.65 Å². The maximum absolute atomic E-state index is 13.2. The second kappa shape index (κ2) is 10.5. The maximum Gasteiger partial charge on any atom is 0.293 e. The molecule has 0 aliphatic carbocycles. The van der Waals surface area contributed by atoms with Crippen LogP contribution in [-0.4, -0.2) is 29.9 Å². The van der Waals surface area contributed by atoms with E-state index in [1.807, 2.05) is 61.5 Å². The van der Waals surface area contributed by atoms with Crippen LogP contribution in [0.2, 0.25) is 0 Å². The maximum atomic E-state index is 13.2. The molecule has 27 heavy (non-hydrogen) atoms. The molecule has 0 aliphatic rings. The lowest BCUT2D eigenvalue weighted by Crippen LogP contribution is -2.24. The van der Waals surface area contributed by atoms with Crippen LogP contribution in [0, 0.1) is 0 Å². The van der Waals surface area contributed by atoms with E-state index in [2.05, 4.69) is 23.9 Å². The van der Waals surface area contributed by atoms with Crippen LogP contribution in [0.5, 0.6) is 11.5 Å². The zero-order chi connectivity index (χ0) is 19.7. The minimum absolute atomic E-state index is 0.306. The molecule has 0 aliphatic heterocycles. The van der Waals surface area contributed by atoms with Crippen molar-refractivity contribution in [3.05, 3.63) is 54.6 Å². The van der Waals surface area contributed by atoms with E-state index >= 15 is 0 Å². The van der Waals surface area contributed by atoms with E-state index in [0.717, 1.165) is 23.6 Å². The predicted molar refractivity (Wildman–Crippen MR) is 118 cm³/mol. The number of para-hydroxylation sites is 1. The Labute approximate surface area is 166 Å². The Hall–Kier alpha value is -1.75. The molecule has 0 spiro atoms. The van der Waals surface area contributed by atoms with Crippen molar-refractivity contribution in [2.45, 2.75) is 32.4 Å². The van der Waals surface area contributed by atoms with Crippen molar-refractivity contribution in [1.82, 2.24) is 9.76 Å². The minimum Gasteiger partial charge on any atom is -0.457 e. The monoisotopic (exact) mass is 405 g/mol. The summed E-state index contributed by atoms with van der Waals surface area (Å²) in [5.74, 6) is 1.55. The van der Waals surface area contributed by atoms with E-state index in [1.54, 1.807) is 18.1 Å². The van der Waals surface area contributed by atoms with Crippen molar-refractivity contribution in [3.8, 4) is 11.5 Å². The van der Waals surface area contributed by atoms with E-state index in [4.69, 9.17) is 4.74 Å². The summed E-state index contributed by atoms with van der Waals surface area (Å²) in [4.78, 5) is 4.49. The lowest BCUT2D eigenvalue weighted by atomic mass is 10.3. The van der Waals surface area contributed by atoms with Crippen molar-refractivity contribution in [3.63, 3.8) is 0 Å². The Kier molecular flexibility index (Phi) is 8.42. The molecule has 0 heterocycles. The quantitative estimate of drug-likeness (QED) is 0.285. The highest BCUT2D eigenvalue weighted by atomic mass is 32.7. The van der Waals surface area contributed by atoms with E-state index in [1.165, 1.54) is 11.4 Å². The molecule has 1 N–H and O–H groups in total. The fourth-order valence-corrected chi connectivity index (χ4v) is 7.00. The van der Waals surface area contributed by atoms with Gasteiger partial charge in [-0.3, -0.25) is 9.24 Å². The molecule has 5 nitrogen and oxygen atoms in total. The summed E-state index contributed by atoms with van der Waals surface area (Å²) in [7, 11) is 1.74. The molecule has 0 saturated carbocycles.